The van der Waals surface area contributed by atoms with Crippen molar-refractivity contribution in [3.05, 3.63) is 69.5 Å². The van der Waals surface area contributed by atoms with Crippen LogP contribution in [0.5, 0.6) is 5.75 Å². The van der Waals surface area contributed by atoms with Crippen molar-refractivity contribution < 1.29 is 13.5 Å². The number of fused-ring (bicyclic) bond motifs is 1. The van der Waals surface area contributed by atoms with Gasteiger partial charge < -0.3 is 20.4 Å². The fourth-order valence-corrected chi connectivity index (χ4v) is 3.23. The van der Waals surface area contributed by atoms with Gasteiger partial charge in [0.15, 0.2) is 5.11 Å². The summed E-state index contributed by atoms with van der Waals surface area (Å²) < 4.78 is 28.7. The minimum atomic E-state index is -2.86. The molecule has 0 saturated heterocycles. The van der Waals surface area contributed by atoms with Crippen molar-refractivity contribution in [3.8, 4) is 5.75 Å². The van der Waals surface area contributed by atoms with E-state index in [1.54, 1.807) is 12.1 Å². The van der Waals surface area contributed by atoms with Crippen LogP contribution in [-0.4, -0.2) is 23.3 Å². The monoisotopic (exact) mass is 417 g/mol. The molecule has 0 atom stereocenters. The maximum absolute atomic E-state index is 12.4. The van der Waals surface area contributed by atoms with Gasteiger partial charge in [-0.2, -0.15) is 8.78 Å². The summed E-state index contributed by atoms with van der Waals surface area (Å²) in [5, 5.41) is 7.41. The van der Waals surface area contributed by atoms with E-state index in [4.69, 9.17) is 12.2 Å². The smallest absolute Gasteiger partial charge is 0.387 e. The summed E-state index contributed by atoms with van der Waals surface area (Å²) in [4.78, 5) is 15.3. The molecule has 2 aromatic carbocycles. The zero-order valence-corrected chi connectivity index (χ0v) is 16.8. The Morgan fingerprint density at radius 2 is 1.83 bits per heavy atom. The van der Waals surface area contributed by atoms with Crippen molar-refractivity contribution in [3.63, 3.8) is 0 Å². The van der Waals surface area contributed by atoms with Crippen LogP contribution in [0.4, 0.5) is 14.5 Å². The third kappa shape index (κ3) is 5.29. The number of nitrogens with one attached hydrogen (secondary N) is 3. The number of rotatable bonds is 6. The summed E-state index contributed by atoms with van der Waals surface area (Å²) in [7, 11) is 0. The van der Waals surface area contributed by atoms with E-state index in [1.165, 1.54) is 12.1 Å². The number of benzene rings is 2. The predicted octanol–water partition coefficient (Wildman–Crippen LogP) is 4.28. The molecular formula is C21H21F2N3O2S. The van der Waals surface area contributed by atoms with Crippen LogP contribution in [0.2, 0.25) is 0 Å². The van der Waals surface area contributed by atoms with E-state index in [2.05, 4.69) is 20.4 Å². The van der Waals surface area contributed by atoms with E-state index in [0.717, 1.165) is 22.0 Å². The first-order valence-electron chi connectivity index (χ1n) is 9.05. The summed E-state index contributed by atoms with van der Waals surface area (Å²) in [5.74, 6) is 0.0745. The van der Waals surface area contributed by atoms with E-state index < -0.39 is 6.61 Å². The first-order chi connectivity index (χ1) is 13.8. The number of alkyl halides is 2. The summed E-state index contributed by atoms with van der Waals surface area (Å²) >= 11 is 5.24. The highest BCUT2D eigenvalue weighted by Crippen LogP contribution is 2.20. The highest BCUT2D eigenvalue weighted by Gasteiger charge is 2.08. The quantitative estimate of drug-likeness (QED) is 0.523. The van der Waals surface area contributed by atoms with Crippen LogP contribution in [0.25, 0.3) is 10.9 Å². The van der Waals surface area contributed by atoms with E-state index >= 15 is 0 Å². The van der Waals surface area contributed by atoms with Gasteiger partial charge in [-0.05, 0) is 73.9 Å². The number of pyridine rings is 1. The molecule has 3 aromatic rings. The van der Waals surface area contributed by atoms with Crippen LogP contribution in [0.1, 0.15) is 16.7 Å². The second-order valence-electron chi connectivity index (χ2n) is 6.65. The Labute approximate surface area is 172 Å². The molecule has 0 radical (unpaired) electrons. The molecule has 0 bridgehead atoms. The van der Waals surface area contributed by atoms with Crippen LogP contribution in [-0.2, 0) is 6.42 Å². The Bertz CT molecular complexity index is 1080. The molecule has 0 aliphatic carbocycles. The Kier molecular flexibility index (Phi) is 6.43. The van der Waals surface area contributed by atoms with Gasteiger partial charge in [-0.25, -0.2) is 0 Å². The van der Waals surface area contributed by atoms with Crippen LogP contribution >= 0.6 is 12.2 Å². The second-order valence-corrected chi connectivity index (χ2v) is 7.05. The van der Waals surface area contributed by atoms with Gasteiger partial charge >= 0.3 is 6.61 Å². The molecule has 3 rings (SSSR count). The first-order valence-corrected chi connectivity index (χ1v) is 9.46. The van der Waals surface area contributed by atoms with E-state index in [0.29, 0.717) is 29.3 Å². The molecule has 0 amide bonds. The van der Waals surface area contributed by atoms with Crippen LogP contribution in [0.15, 0.2) is 47.3 Å². The number of hydrogen-bond acceptors (Lipinski definition) is 3. The third-order valence-electron chi connectivity index (χ3n) is 4.54. The highest BCUT2D eigenvalue weighted by atomic mass is 32.1. The van der Waals surface area contributed by atoms with Gasteiger partial charge in [-0.15, -0.1) is 0 Å². The second kappa shape index (κ2) is 9.00. The number of halogens is 2. The van der Waals surface area contributed by atoms with Crippen LogP contribution in [0.3, 0.4) is 0 Å². The molecule has 1 aromatic heterocycles. The van der Waals surface area contributed by atoms with Gasteiger partial charge in [0.2, 0.25) is 0 Å². The van der Waals surface area contributed by atoms with E-state index in [-0.39, 0.29) is 11.3 Å². The molecule has 8 heteroatoms. The molecule has 3 N–H and O–H groups in total. The Hall–Kier alpha value is -3.00. The van der Waals surface area contributed by atoms with Crippen molar-refractivity contribution in [1.82, 2.24) is 10.3 Å². The van der Waals surface area contributed by atoms with Gasteiger partial charge in [0, 0.05) is 23.2 Å². The van der Waals surface area contributed by atoms with E-state index in [9.17, 15) is 13.6 Å². The molecule has 29 heavy (non-hydrogen) atoms. The Balaban J connectivity index is 1.58. The molecule has 0 aliphatic heterocycles. The number of aromatic nitrogens is 1. The van der Waals surface area contributed by atoms with Crippen molar-refractivity contribution in [2.75, 3.05) is 11.9 Å². The third-order valence-corrected chi connectivity index (χ3v) is 4.78. The lowest BCUT2D eigenvalue weighted by molar-refractivity contribution is -0.0498. The van der Waals surface area contributed by atoms with Crippen molar-refractivity contribution in [1.29, 1.82) is 0 Å². The molecule has 0 unspecified atom stereocenters. The van der Waals surface area contributed by atoms with Gasteiger partial charge in [0.1, 0.15) is 5.75 Å². The van der Waals surface area contributed by atoms with Crippen molar-refractivity contribution >= 4 is 33.9 Å². The molecule has 0 saturated carbocycles. The lowest BCUT2D eigenvalue weighted by Gasteiger charge is -2.12. The minimum Gasteiger partial charge on any atom is -0.435 e. The van der Waals surface area contributed by atoms with Crippen molar-refractivity contribution in [2.45, 2.75) is 26.9 Å². The average molecular weight is 417 g/mol. The summed E-state index contributed by atoms with van der Waals surface area (Å²) in [6.07, 6.45) is 0.502. The molecule has 0 fully saturated rings. The fourth-order valence-electron chi connectivity index (χ4n) is 3.01. The number of aromatic amines is 1. The van der Waals surface area contributed by atoms with Gasteiger partial charge in [0.25, 0.3) is 5.56 Å². The SMILES string of the molecule is Cc1ccc(C)c2[nH]c(=O)c(CCNC(=S)Nc3ccc(OC(F)F)cc3)cc12. The summed E-state index contributed by atoms with van der Waals surface area (Å²) in [5.41, 5.74) is 4.20. The Morgan fingerprint density at radius 3 is 2.52 bits per heavy atom. The molecule has 5 nitrogen and oxygen atoms in total. The number of H-pyrrole nitrogens is 1. The molecule has 0 spiro atoms. The van der Waals surface area contributed by atoms with Crippen LogP contribution < -0.4 is 20.9 Å². The molecular weight excluding hydrogens is 396 g/mol. The lowest BCUT2D eigenvalue weighted by Crippen LogP contribution is -2.31. The number of anilines is 1. The molecule has 0 aliphatic rings. The number of hydrogen-bond donors (Lipinski definition) is 3. The highest BCUT2D eigenvalue weighted by molar-refractivity contribution is 7.80. The van der Waals surface area contributed by atoms with Gasteiger partial charge in [-0.1, -0.05) is 12.1 Å². The molecule has 1 heterocycles. The zero-order valence-electron chi connectivity index (χ0n) is 16.0. The average Bonchev–Trinajstić information content (AvgIpc) is 2.67. The first kappa shape index (κ1) is 20.7. The van der Waals surface area contributed by atoms with Crippen molar-refractivity contribution in [2.24, 2.45) is 0 Å². The minimum absolute atomic E-state index is 0.0745. The standard InChI is InChI=1S/C21H21F2N3O2S/c1-12-3-4-13(2)18-17(12)11-14(19(27)26-18)9-10-24-21(29)25-15-5-7-16(8-6-15)28-20(22)23/h3-8,11,20H,9-10H2,1-2H3,(H,26,27)(H2,24,25,29). The fraction of sp³-hybridized carbons (Fsp3) is 0.238. The number of ether oxygens (including phenoxy) is 1. The topological polar surface area (TPSA) is 66.2 Å². The zero-order chi connectivity index (χ0) is 21.0. The summed E-state index contributed by atoms with van der Waals surface area (Å²) in [6.45, 7) is 1.59. The lowest BCUT2D eigenvalue weighted by atomic mass is 10.0. The van der Waals surface area contributed by atoms with Gasteiger partial charge in [-0.3, -0.25) is 4.79 Å². The maximum atomic E-state index is 12.4. The number of thiocarbonyl (C=S) groups is 1. The van der Waals surface area contributed by atoms with Crippen LogP contribution in [0, 0.1) is 13.8 Å². The van der Waals surface area contributed by atoms with Gasteiger partial charge in [0.05, 0.1) is 5.52 Å². The molecule has 152 valence electrons. The summed E-state index contributed by atoms with van der Waals surface area (Å²) in [6, 6.07) is 12.0. The Morgan fingerprint density at radius 1 is 1.14 bits per heavy atom. The normalized spacial score (nSPS) is 10.9. The predicted molar refractivity (Wildman–Crippen MR) is 115 cm³/mol. The van der Waals surface area contributed by atoms with E-state index in [1.807, 2.05) is 32.0 Å². The maximum Gasteiger partial charge on any atom is 0.387 e. The number of aryl methyl sites for hydroxylation is 2. The largest absolute Gasteiger partial charge is 0.435 e.